The van der Waals surface area contributed by atoms with E-state index in [0.717, 1.165) is 35.3 Å². The highest BCUT2D eigenvalue weighted by atomic mass is 16.2. The number of rotatable bonds is 5. The molecule has 1 fully saturated rings. The standard InChI is InChI=1S/C26H33N3O2/c1-3-22-16-24(26(27)31)23-15-21(11-12-25(23)29(22)18(2)30)20-9-7-19(8-10-20)17-28-13-5-4-6-14-28/h7-12,15,22,24H,3-6,13-14,16-17H2,1-2H3,(H2,27,31)/t22-,24+/m1/s1. The second-order valence-corrected chi connectivity index (χ2v) is 8.95. The van der Waals surface area contributed by atoms with Gasteiger partial charge in [0.25, 0.3) is 0 Å². The summed E-state index contributed by atoms with van der Waals surface area (Å²) in [4.78, 5) is 29.0. The van der Waals surface area contributed by atoms with Crippen LogP contribution in [-0.2, 0) is 16.1 Å². The monoisotopic (exact) mass is 419 g/mol. The first-order valence-electron chi connectivity index (χ1n) is 11.5. The minimum atomic E-state index is -0.367. The van der Waals surface area contributed by atoms with Crippen LogP contribution < -0.4 is 10.6 Å². The van der Waals surface area contributed by atoms with Crippen LogP contribution in [0.4, 0.5) is 5.69 Å². The van der Waals surface area contributed by atoms with Crippen molar-refractivity contribution in [3.63, 3.8) is 0 Å². The number of piperidine rings is 1. The number of nitrogens with two attached hydrogens (primary N) is 1. The van der Waals surface area contributed by atoms with Crippen LogP contribution in [0, 0.1) is 0 Å². The summed E-state index contributed by atoms with van der Waals surface area (Å²) in [7, 11) is 0. The van der Waals surface area contributed by atoms with Gasteiger partial charge in [0, 0.05) is 25.2 Å². The lowest BCUT2D eigenvalue weighted by Gasteiger charge is -2.39. The number of nitrogens with zero attached hydrogens (tertiary/aromatic N) is 2. The van der Waals surface area contributed by atoms with Crippen LogP contribution in [0.1, 0.15) is 63.0 Å². The van der Waals surface area contributed by atoms with E-state index in [1.165, 1.54) is 37.9 Å². The van der Waals surface area contributed by atoms with Crippen LogP contribution in [0.3, 0.4) is 0 Å². The highest BCUT2D eigenvalue weighted by Crippen LogP contribution is 2.41. The van der Waals surface area contributed by atoms with Crippen molar-refractivity contribution in [2.24, 2.45) is 5.73 Å². The SMILES string of the molecule is CC[C@@H]1C[C@H](C(N)=O)c2cc(-c3ccc(CN4CCCCC4)cc3)ccc2N1C(C)=O. The molecule has 2 N–H and O–H groups in total. The van der Waals surface area contributed by atoms with Crippen LogP contribution in [-0.4, -0.2) is 35.8 Å². The van der Waals surface area contributed by atoms with Crippen molar-refractivity contribution >= 4 is 17.5 Å². The van der Waals surface area contributed by atoms with Crippen molar-refractivity contribution in [1.29, 1.82) is 0 Å². The van der Waals surface area contributed by atoms with Gasteiger partial charge < -0.3 is 10.6 Å². The van der Waals surface area contributed by atoms with Gasteiger partial charge >= 0.3 is 0 Å². The van der Waals surface area contributed by atoms with E-state index in [9.17, 15) is 9.59 Å². The van der Waals surface area contributed by atoms with Crippen LogP contribution in [0.25, 0.3) is 11.1 Å². The average molecular weight is 420 g/mol. The Kier molecular flexibility index (Phi) is 6.42. The summed E-state index contributed by atoms with van der Waals surface area (Å²) in [6, 6.07) is 14.8. The Bertz CT molecular complexity index is 948. The van der Waals surface area contributed by atoms with Crippen molar-refractivity contribution in [2.45, 2.75) is 64.5 Å². The van der Waals surface area contributed by atoms with Gasteiger partial charge in [0.2, 0.25) is 11.8 Å². The molecule has 164 valence electrons. The van der Waals surface area contributed by atoms with E-state index in [1.807, 2.05) is 30.0 Å². The van der Waals surface area contributed by atoms with Gasteiger partial charge in [-0.05, 0) is 73.2 Å². The topological polar surface area (TPSA) is 66.6 Å². The van der Waals surface area contributed by atoms with Gasteiger partial charge in [0.1, 0.15) is 0 Å². The molecule has 2 aliphatic heterocycles. The van der Waals surface area contributed by atoms with Gasteiger partial charge in [-0.3, -0.25) is 14.5 Å². The fourth-order valence-electron chi connectivity index (χ4n) is 5.16. The molecule has 2 aromatic carbocycles. The largest absolute Gasteiger partial charge is 0.369 e. The first-order valence-corrected chi connectivity index (χ1v) is 11.5. The van der Waals surface area contributed by atoms with E-state index in [2.05, 4.69) is 29.2 Å². The summed E-state index contributed by atoms with van der Waals surface area (Å²) in [5, 5.41) is 0. The predicted octanol–water partition coefficient (Wildman–Crippen LogP) is 4.44. The molecule has 1 saturated heterocycles. The molecule has 2 heterocycles. The van der Waals surface area contributed by atoms with E-state index >= 15 is 0 Å². The van der Waals surface area contributed by atoms with Crippen molar-refractivity contribution in [2.75, 3.05) is 18.0 Å². The second kappa shape index (κ2) is 9.23. The molecule has 0 bridgehead atoms. The molecular weight excluding hydrogens is 386 g/mol. The van der Waals surface area contributed by atoms with Gasteiger partial charge in [-0.25, -0.2) is 0 Å². The molecule has 2 amide bonds. The molecule has 0 saturated carbocycles. The zero-order valence-electron chi connectivity index (χ0n) is 18.6. The van der Waals surface area contributed by atoms with Crippen molar-refractivity contribution in [3.05, 3.63) is 53.6 Å². The summed E-state index contributed by atoms with van der Waals surface area (Å²) < 4.78 is 0. The fourth-order valence-corrected chi connectivity index (χ4v) is 5.16. The third-order valence-corrected chi connectivity index (χ3v) is 6.83. The zero-order valence-corrected chi connectivity index (χ0v) is 18.6. The third-order valence-electron chi connectivity index (χ3n) is 6.83. The Labute approximate surface area is 185 Å². The lowest BCUT2D eigenvalue weighted by Crippen LogP contribution is -2.45. The highest BCUT2D eigenvalue weighted by Gasteiger charge is 2.36. The summed E-state index contributed by atoms with van der Waals surface area (Å²) in [6.07, 6.45) is 5.31. The zero-order chi connectivity index (χ0) is 22.0. The number of hydrogen-bond acceptors (Lipinski definition) is 3. The van der Waals surface area contributed by atoms with Crippen LogP contribution in [0.2, 0.25) is 0 Å². The van der Waals surface area contributed by atoms with E-state index in [0.29, 0.717) is 6.42 Å². The molecule has 4 rings (SSSR count). The summed E-state index contributed by atoms with van der Waals surface area (Å²) in [6.45, 7) is 7.01. The van der Waals surface area contributed by atoms with E-state index in [4.69, 9.17) is 5.73 Å². The van der Waals surface area contributed by atoms with Gasteiger partial charge in [0.15, 0.2) is 0 Å². The Hall–Kier alpha value is -2.66. The Balaban J connectivity index is 1.62. The molecule has 0 aromatic heterocycles. The Morgan fingerprint density at radius 3 is 2.29 bits per heavy atom. The first kappa shape index (κ1) is 21.6. The summed E-state index contributed by atoms with van der Waals surface area (Å²) >= 11 is 0. The molecule has 0 aliphatic carbocycles. The first-order chi connectivity index (χ1) is 15.0. The quantitative estimate of drug-likeness (QED) is 0.779. The molecule has 31 heavy (non-hydrogen) atoms. The molecule has 5 nitrogen and oxygen atoms in total. The summed E-state index contributed by atoms with van der Waals surface area (Å²) in [5.41, 5.74) is 10.9. The smallest absolute Gasteiger partial charge is 0.225 e. The molecule has 2 atom stereocenters. The normalized spacial score (nSPS) is 21.5. The molecule has 2 aliphatic rings. The van der Waals surface area contributed by atoms with Gasteiger partial charge in [0.05, 0.1) is 5.92 Å². The fraction of sp³-hybridized carbons (Fsp3) is 0.462. The van der Waals surface area contributed by atoms with E-state index < -0.39 is 0 Å². The van der Waals surface area contributed by atoms with Crippen molar-refractivity contribution < 1.29 is 9.59 Å². The maximum Gasteiger partial charge on any atom is 0.225 e. The van der Waals surface area contributed by atoms with E-state index in [-0.39, 0.29) is 23.8 Å². The van der Waals surface area contributed by atoms with Crippen LogP contribution in [0.15, 0.2) is 42.5 Å². The maximum absolute atomic E-state index is 12.4. The number of fused-ring (bicyclic) bond motifs is 1. The number of carbonyl (C=O) groups is 2. The lowest BCUT2D eigenvalue weighted by molar-refractivity contribution is -0.121. The number of likely N-dealkylation sites (tertiary alicyclic amines) is 1. The van der Waals surface area contributed by atoms with E-state index in [1.54, 1.807) is 6.92 Å². The van der Waals surface area contributed by atoms with Crippen LogP contribution in [0.5, 0.6) is 0 Å². The maximum atomic E-state index is 12.4. The second-order valence-electron chi connectivity index (χ2n) is 8.95. The highest BCUT2D eigenvalue weighted by molar-refractivity contribution is 5.97. The molecule has 5 heteroatoms. The number of amides is 2. The Morgan fingerprint density at radius 2 is 1.68 bits per heavy atom. The van der Waals surface area contributed by atoms with Gasteiger partial charge in [-0.15, -0.1) is 0 Å². The van der Waals surface area contributed by atoms with Crippen LogP contribution >= 0.6 is 0 Å². The number of anilines is 1. The molecule has 0 unspecified atom stereocenters. The average Bonchev–Trinajstić information content (AvgIpc) is 2.78. The molecule has 2 aromatic rings. The van der Waals surface area contributed by atoms with Gasteiger partial charge in [-0.1, -0.05) is 43.7 Å². The number of hydrogen-bond donors (Lipinski definition) is 1. The number of primary amides is 1. The lowest BCUT2D eigenvalue weighted by atomic mass is 9.82. The molecule has 0 radical (unpaired) electrons. The molecular formula is C26H33N3O2. The number of benzene rings is 2. The minimum absolute atomic E-state index is 0.00224. The molecule has 0 spiro atoms. The third kappa shape index (κ3) is 4.52. The van der Waals surface area contributed by atoms with Crippen molar-refractivity contribution in [3.8, 4) is 11.1 Å². The van der Waals surface area contributed by atoms with Gasteiger partial charge in [-0.2, -0.15) is 0 Å². The summed E-state index contributed by atoms with van der Waals surface area (Å²) in [5.74, 6) is -0.684. The predicted molar refractivity (Wildman–Crippen MR) is 125 cm³/mol. The van der Waals surface area contributed by atoms with Crippen molar-refractivity contribution in [1.82, 2.24) is 4.90 Å². The number of carbonyl (C=O) groups excluding carboxylic acids is 2. The minimum Gasteiger partial charge on any atom is -0.369 e. The Morgan fingerprint density at radius 1 is 1.00 bits per heavy atom.